The second-order valence-corrected chi connectivity index (χ2v) is 10.1. The Labute approximate surface area is 203 Å². The summed E-state index contributed by atoms with van der Waals surface area (Å²) in [4.78, 5) is 29.3. The van der Waals surface area contributed by atoms with E-state index in [0.717, 1.165) is 25.7 Å². The number of carbonyl (C=O) groups is 2. The van der Waals surface area contributed by atoms with Gasteiger partial charge in [0, 0.05) is 42.3 Å². The van der Waals surface area contributed by atoms with Gasteiger partial charge >= 0.3 is 0 Å². The highest BCUT2D eigenvalue weighted by Gasteiger charge is 2.50. The Hall–Kier alpha value is -2.84. The van der Waals surface area contributed by atoms with Crippen molar-refractivity contribution in [3.63, 3.8) is 0 Å². The van der Waals surface area contributed by atoms with Gasteiger partial charge < -0.3 is 15.3 Å². The van der Waals surface area contributed by atoms with Crippen LogP contribution in [0.25, 0.3) is 0 Å². The maximum atomic E-state index is 14.3. The molecule has 0 spiro atoms. The number of benzene rings is 2. The van der Waals surface area contributed by atoms with Gasteiger partial charge in [-0.2, -0.15) is 0 Å². The number of amides is 2. The number of hydrogen-bond acceptors (Lipinski definition) is 4. The highest BCUT2D eigenvalue weighted by atomic mass is 19.1. The predicted molar refractivity (Wildman–Crippen MR) is 126 cm³/mol. The Morgan fingerprint density at radius 2 is 1.63 bits per heavy atom. The van der Waals surface area contributed by atoms with Crippen LogP contribution in [0.2, 0.25) is 0 Å². The first kappa shape index (κ1) is 23.9. The first-order valence-corrected chi connectivity index (χ1v) is 12.4. The molecule has 2 amide bonds. The minimum absolute atomic E-state index is 0.0650. The molecule has 2 atom stereocenters. The number of halogens is 2. The molecular weight excluding hydrogens is 452 g/mol. The summed E-state index contributed by atoms with van der Waals surface area (Å²) >= 11 is 0. The van der Waals surface area contributed by atoms with Crippen molar-refractivity contribution in [2.24, 2.45) is 0 Å². The van der Waals surface area contributed by atoms with Crippen molar-refractivity contribution in [3.05, 3.63) is 71.3 Å². The van der Waals surface area contributed by atoms with Gasteiger partial charge in [-0.1, -0.05) is 24.3 Å². The average molecular weight is 484 g/mol. The number of carbonyl (C=O) groups excluding carboxylic acids is 2. The lowest BCUT2D eigenvalue weighted by Crippen LogP contribution is -2.53. The van der Waals surface area contributed by atoms with Gasteiger partial charge in [0.25, 0.3) is 11.8 Å². The third-order valence-electron chi connectivity index (χ3n) is 7.70. The van der Waals surface area contributed by atoms with Crippen LogP contribution in [0.3, 0.4) is 0 Å². The van der Waals surface area contributed by atoms with Crippen molar-refractivity contribution in [2.45, 2.75) is 68.8 Å². The van der Waals surface area contributed by atoms with Gasteiger partial charge in [-0.15, -0.1) is 0 Å². The molecule has 6 nitrogen and oxygen atoms in total. The van der Waals surface area contributed by atoms with E-state index >= 15 is 0 Å². The van der Waals surface area contributed by atoms with Crippen LogP contribution >= 0.6 is 0 Å². The second-order valence-electron chi connectivity index (χ2n) is 10.1. The Balaban J connectivity index is 1.23. The largest absolute Gasteiger partial charge is 0.380 e. The van der Waals surface area contributed by atoms with Crippen LogP contribution < -0.4 is 5.32 Å². The van der Waals surface area contributed by atoms with E-state index in [-0.39, 0.29) is 42.7 Å². The topological polar surface area (TPSA) is 72.9 Å². The number of aliphatic hydroxyl groups is 1. The smallest absolute Gasteiger partial charge is 0.254 e. The molecular formula is C27H31F2N3O3. The van der Waals surface area contributed by atoms with Gasteiger partial charge in [-0.25, -0.2) is 8.78 Å². The fraction of sp³-hybridized carbons (Fsp3) is 0.481. The maximum absolute atomic E-state index is 14.3. The summed E-state index contributed by atoms with van der Waals surface area (Å²) in [5, 5.41) is 13.6. The van der Waals surface area contributed by atoms with E-state index in [4.69, 9.17) is 0 Å². The zero-order valence-corrected chi connectivity index (χ0v) is 19.6. The predicted octanol–water partition coefficient (Wildman–Crippen LogP) is 3.24. The summed E-state index contributed by atoms with van der Waals surface area (Å²) < 4.78 is 28.6. The molecule has 2 N–H and O–H groups in total. The minimum Gasteiger partial charge on any atom is -0.380 e. The van der Waals surface area contributed by atoms with E-state index < -0.39 is 23.1 Å². The molecule has 1 aliphatic carbocycles. The molecule has 5 rings (SSSR count). The summed E-state index contributed by atoms with van der Waals surface area (Å²) in [6, 6.07) is 13.5. The van der Waals surface area contributed by atoms with Gasteiger partial charge in [0.2, 0.25) is 0 Å². The van der Waals surface area contributed by atoms with Crippen molar-refractivity contribution < 1.29 is 23.5 Å². The fourth-order valence-corrected chi connectivity index (χ4v) is 5.60. The molecule has 0 radical (unpaired) electrons. The summed E-state index contributed by atoms with van der Waals surface area (Å²) in [6.07, 6.45) is 4.44. The molecule has 8 heteroatoms. The Bertz CT molecular complexity index is 1060. The number of piperidine rings is 1. The number of fused-ring (bicyclic) bond motifs is 2. The molecule has 35 heavy (non-hydrogen) atoms. The Morgan fingerprint density at radius 1 is 1.00 bits per heavy atom. The quantitative estimate of drug-likeness (QED) is 0.605. The third-order valence-corrected chi connectivity index (χ3v) is 7.70. The highest BCUT2D eigenvalue weighted by Crippen LogP contribution is 2.38. The molecule has 2 saturated heterocycles. The van der Waals surface area contributed by atoms with Crippen LogP contribution in [0.1, 0.15) is 54.4 Å². The molecule has 3 fully saturated rings. The third kappa shape index (κ3) is 5.09. The summed E-state index contributed by atoms with van der Waals surface area (Å²) in [7, 11) is 0. The first-order chi connectivity index (χ1) is 16.8. The lowest BCUT2D eigenvalue weighted by molar-refractivity contribution is -0.143. The van der Waals surface area contributed by atoms with Crippen LogP contribution in [0, 0.1) is 11.6 Å². The van der Waals surface area contributed by atoms with E-state index in [9.17, 15) is 23.5 Å². The first-order valence-electron chi connectivity index (χ1n) is 12.4. The molecule has 186 valence electrons. The van der Waals surface area contributed by atoms with Crippen molar-refractivity contribution >= 4 is 11.8 Å². The van der Waals surface area contributed by atoms with E-state index in [2.05, 4.69) is 10.2 Å². The normalized spacial score (nSPS) is 24.7. The average Bonchev–Trinajstić information content (AvgIpc) is 3.56. The van der Waals surface area contributed by atoms with Crippen molar-refractivity contribution in [3.8, 4) is 0 Å². The molecule has 0 aromatic heterocycles. The second kappa shape index (κ2) is 9.66. The van der Waals surface area contributed by atoms with Crippen LogP contribution in [0.5, 0.6) is 0 Å². The molecule has 2 aromatic carbocycles. The van der Waals surface area contributed by atoms with Crippen LogP contribution in [-0.2, 0) is 11.3 Å². The van der Waals surface area contributed by atoms with Crippen LogP contribution in [0.15, 0.2) is 48.5 Å². The lowest BCUT2D eigenvalue weighted by Gasteiger charge is -2.40. The van der Waals surface area contributed by atoms with Gasteiger partial charge in [0.1, 0.15) is 17.2 Å². The van der Waals surface area contributed by atoms with E-state index in [1.54, 1.807) is 12.1 Å². The van der Waals surface area contributed by atoms with E-state index in [0.29, 0.717) is 24.9 Å². The standard InChI is InChI=1S/C27H31F2N3O3/c28-23-7-4-8-24(29)22(23)17-31(26(34)27(35)11-12-27)13-14-32-20-9-10-21(32)16-19(15-20)30-25(33)18-5-2-1-3-6-18/h1-8,19-21,35H,9-17H2,(H,30,33). The molecule has 1 saturated carbocycles. The van der Waals surface area contributed by atoms with Gasteiger partial charge in [-0.3, -0.25) is 14.5 Å². The minimum atomic E-state index is -1.41. The number of nitrogens with zero attached hydrogens (tertiary/aromatic N) is 2. The van der Waals surface area contributed by atoms with Crippen molar-refractivity contribution in [1.29, 1.82) is 0 Å². The number of rotatable bonds is 8. The summed E-state index contributed by atoms with van der Waals surface area (Å²) in [5.74, 6) is -1.91. The van der Waals surface area contributed by atoms with Crippen molar-refractivity contribution in [2.75, 3.05) is 13.1 Å². The van der Waals surface area contributed by atoms with Gasteiger partial charge in [0.05, 0.1) is 6.54 Å². The fourth-order valence-electron chi connectivity index (χ4n) is 5.60. The zero-order valence-electron chi connectivity index (χ0n) is 19.6. The molecule has 3 aliphatic rings. The van der Waals surface area contributed by atoms with Crippen molar-refractivity contribution in [1.82, 2.24) is 15.1 Å². The van der Waals surface area contributed by atoms with E-state index in [1.807, 2.05) is 18.2 Å². The zero-order chi connectivity index (χ0) is 24.6. The monoisotopic (exact) mass is 483 g/mol. The number of hydrogen-bond donors (Lipinski definition) is 2. The molecule has 2 aliphatic heterocycles. The molecule has 2 heterocycles. The highest BCUT2D eigenvalue weighted by molar-refractivity contribution is 5.94. The van der Waals surface area contributed by atoms with Crippen LogP contribution in [-0.4, -0.2) is 63.5 Å². The molecule has 2 unspecified atom stereocenters. The van der Waals surface area contributed by atoms with Gasteiger partial charge in [-0.05, 0) is 62.8 Å². The Morgan fingerprint density at radius 3 is 2.23 bits per heavy atom. The molecule has 2 bridgehead atoms. The number of nitrogens with one attached hydrogen (secondary N) is 1. The van der Waals surface area contributed by atoms with Gasteiger partial charge in [0.15, 0.2) is 0 Å². The Kier molecular flexibility index (Phi) is 6.59. The van der Waals surface area contributed by atoms with E-state index in [1.165, 1.54) is 23.1 Å². The maximum Gasteiger partial charge on any atom is 0.254 e. The summed E-state index contributed by atoms with van der Waals surface area (Å²) in [5.41, 5.74) is -0.916. The summed E-state index contributed by atoms with van der Waals surface area (Å²) in [6.45, 7) is 0.633. The lowest BCUT2D eigenvalue weighted by atomic mass is 9.96. The SMILES string of the molecule is O=C(NC1CC2CCC(C1)N2CCN(Cc1c(F)cccc1F)C(=O)C1(O)CC1)c1ccccc1. The van der Waals surface area contributed by atoms with Crippen LogP contribution in [0.4, 0.5) is 8.78 Å². The molecule has 2 aromatic rings.